The largest absolute Gasteiger partial charge is 0.396 e. The molecule has 0 spiro atoms. The average molecular weight is 485 g/mol. The lowest BCUT2D eigenvalue weighted by molar-refractivity contribution is 0.0962. The first-order valence-electron chi connectivity index (χ1n) is 8.64. The van der Waals surface area contributed by atoms with E-state index in [9.17, 15) is 18.4 Å². The number of nitrogens with two attached hydrogens (primary N) is 1. The van der Waals surface area contributed by atoms with Crippen LogP contribution in [-0.4, -0.2) is 23.3 Å². The minimum absolute atomic E-state index is 0.0192. The number of anilines is 2. The van der Waals surface area contributed by atoms with Crippen molar-refractivity contribution in [3.05, 3.63) is 87.0 Å². The zero-order valence-corrected chi connectivity index (χ0v) is 18.2. The zero-order chi connectivity index (χ0) is 23.0. The fourth-order valence-electron chi connectivity index (χ4n) is 3.10. The normalized spacial score (nSPS) is 10.8. The summed E-state index contributed by atoms with van der Waals surface area (Å²) < 4.78 is 30.8. The van der Waals surface area contributed by atoms with Crippen LogP contribution in [0.25, 0.3) is 6.08 Å². The van der Waals surface area contributed by atoms with E-state index >= 15 is 0 Å². The van der Waals surface area contributed by atoms with Crippen molar-refractivity contribution in [2.45, 2.75) is 0 Å². The molecule has 1 aromatic heterocycles. The Kier molecular flexibility index (Phi) is 6.40. The first-order valence-corrected chi connectivity index (χ1v) is 9.73. The van der Waals surface area contributed by atoms with Crippen molar-refractivity contribution >= 4 is 64.3 Å². The highest BCUT2D eigenvalue weighted by Gasteiger charge is 2.30. The van der Waals surface area contributed by atoms with Gasteiger partial charge in [0.25, 0.3) is 5.91 Å². The third-order valence-corrected chi connectivity index (χ3v) is 5.29. The summed E-state index contributed by atoms with van der Waals surface area (Å²) in [4.78, 5) is 26.3. The van der Waals surface area contributed by atoms with Gasteiger partial charge in [0, 0.05) is 30.6 Å². The van der Waals surface area contributed by atoms with E-state index in [4.69, 9.17) is 40.7 Å². The number of halogens is 5. The number of hydrogen-bond donors (Lipinski definition) is 1. The SMILES string of the molecule is C=Cc1c(C(=O)c2c(F)ccc(N)c2F)cn(C(=O)c2c(Cl)cccc2Cl)c1N(C)Cl. The van der Waals surface area contributed by atoms with Crippen LogP contribution in [0, 0.1) is 11.6 Å². The number of carbonyl (C=O) groups is 2. The molecule has 0 saturated heterocycles. The van der Waals surface area contributed by atoms with E-state index in [2.05, 4.69) is 6.58 Å². The Morgan fingerprint density at radius 3 is 2.29 bits per heavy atom. The van der Waals surface area contributed by atoms with Crippen molar-refractivity contribution in [2.24, 2.45) is 0 Å². The van der Waals surface area contributed by atoms with Gasteiger partial charge in [0.15, 0.2) is 5.82 Å². The zero-order valence-electron chi connectivity index (χ0n) is 15.9. The van der Waals surface area contributed by atoms with Gasteiger partial charge in [-0.1, -0.05) is 41.9 Å². The molecule has 2 aromatic carbocycles. The fraction of sp³-hybridized carbons (Fsp3) is 0.0476. The topological polar surface area (TPSA) is 68.3 Å². The number of nitrogens with zero attached hydrogens (tertiary/aromatic N) is 2. The Labute approximate surface area is 191 Å². The molecule has 0 aliphatic rings. The lowest BCUT2D eigenvalue weighted by Gasteiger charge is -2.15. The molecular weight excluding hydrogens is 471 g/mol. The van der Waals surface area contributed by atoms with E-state index in [1.165, 1.54) is 25.3 Å². The van der Waals surface area contributed by atoms with Crippen LogP contribution >= 0.6 is 35.0 Å². The molecule has 5 nitrogen and oxygen atoms in total. The molecule has 0 bridgehead atoms. The maximum Gasteiger partial charge on any atom is 0.266 e. The average Bonchev–Trinajstić information content (AvgIpc) is 3.10. The Hall–Kier alpha value is -2.87. The number of benzene rings is 2. The molecule has 3 aromatic rings. The second-order valence-electron chi connectivity index (χ2n) is 6.39. The van der Waals surface area contributed by atoms with Gasteiger partial charge in [-0.3, -0.25) is 18.6 Å². The number of nitrogen functional groups attached to an aromatic ring is 1. The molecular formula is C21H14Cl3F2N3O2. The molecule has 0 unspecified atom stereocenters. The monoisotopic (exact) mass is 483 g/mol. The van der Waals surface area contributed by atoms with E-state index in [0.29, 0.717) is 0 Å². The second-order valence-corrected chi connectivity index (χ2v) is 7.71. The summed E-state index contributed by atoms with van der Waals surface area (Å²) in [5.41, 5.74) is 4.01. The molecule has 0 atom stereocenters. The van der Waals surface area contributed by atoms with Gasteiger partial charge in [-0.2, -0.15) is 0 Å². The van der Waals surface area contributed by atoms with Crippen molar-refractivity contribution in [1.29, 1.82) is 0 Å². The molecule has 1 heterocycles. The lowest BCUT2D eigenvalue weighted by Crippen LogP contribution is -2.17. The minimum Gasteiger partial charge on any atom is -0.396 e. The quantitative estimate of drug-likeness (QED) is 0.282. The van der Waals surface area contributed by atoms with E-state index in [1.807, 2.05) is 0 Å². The number of ketones is 1. The van der Waals surface area contributed by atoms with E-state index in [1.54, 1.807) is 6.07 Å². The molecule has 0 amide bonds. The second kappa shape index (κ2) is 8.70. The van der Waals surface area contributed by atoms with Crippen LogP contribution in [0.4, 0.5) is 20.3 Å². The van der Waals surface area contributed by atoms with Gasteiger partial charge in [0.1, 0.15) is 11.6 Å². The molecule has 0 fully saturated rings. The first kappa shape index (κ1) is 22.8. The Morgan fingerprint density at radius 2 is 1.74 bits per heavy atom. The van der Waals surface area contributed by atoms with Crippen LogP contribution in [0.15, 0.2) is 43.1 Å². The molecule has 0 aliphatic carbocycles. The Bertz CT molecular complexity index is 1220. The Morgan fingerprint density at radius 1 is 1.13 bits per heavy atom. The lowest BCUT2D eigenvalue weighted by atomic mass is 10.0. The van der Waals surface area contributed by atoms with Gasteiger partial charge in [-0.25, -0.2) is 8.78 Å². The van der Waals surface area contributed by atoms with E-state index in [-0.39, 0.29) is 32.6 Å². The van der Waals surface area contributed by atoms with E-state index < -0.39 is 34.6 Å². The van der Waals surface area contributed by atoms with Crippen LogP contribution in [0.2, 0.25) is 10.0 Å². The molecule has 10 heteroatoms. The maximum atomic E-state index is 14.5. The summed E-state index contributed by atoms with van der Waals surface area (Å²) in [6, 6.07) is 6.36. The van der Waals surface area contributed by atoms with Gasteiger partial charge < -0.3 is 5.73 Å². The molecule has 0 saturated carbocycles. The fourth-order valence-corrected chi connectivity index (χ4v) is 3.83. The highest BCUT2D eigenvalue weighted by molar-refractivity contribution is 6.40. The van der Waals surface area contributed by atoms with Gasteiger partial charge in [-0.05, 0) is 24.3 Å². The third-order valence-electron chi connectivity index (χ3n) is 4.50. The van der Waals surface area contributed by atoms with Crippen LogP contribution in [-0.2, 0) is 0 Å². The summed E-state index contributed by atoms with van der Waals surface area (Å²) in [5, 5.41) is 0.130. The summed E-state index contributed by atoms with van der Waals surface area (Å²) in [6.45, 7) is 3.63. The molecule has 0 radical (unpaired) electrons. The number of aromatic nitrogens is 1. The standard InChI is InChI=1S/C21H14Cl3F2N3O2/c1-3-10-11(19(30)17-14(25)7-8-15(27)18(17)26)9-29(20(10)28(2)24)21(31)16-12(22)5-4-6-13(16)23/h3-9H,1,27H2,2H3. The molecule has 0 aliphatic heterocycles. The predicted molar refractivity (Wildman–Crippen MR) is 119 cm³/mol. The van der Waals surface area contributed by atoms with E-state index in [0.717, 1.165) is 27.3 Å². The highest BCUT2D eigenvalue weighted by Crippen LogP contribution is 2.34. The van der Waals surface area contributed by atoms with Gasteiger partial charge in [0.2, 0.25) is 5.78 Å². The molecule has 160 valence electrons. The first-order chi connectivity index (χ1) is 14.6. The number of rotatable bonds is 5. The van der Waals surface area contributed by atoms with Crippen LogP contribution in [0.5, 0.6) is 0 Å². The predicted octanol–water partition coefficient (Wildman–Crippen LogP) is 5.81. The third kappa shape index (κ3) is 3.92. The summed E-state index contributed by atoms with van der Waals surface area (Å²) in [7, 11) is 1.40. The van der Waals surface area contributed by atoms with Crippen molar-refractivity contribution in [1.82, 2.24) is 4.57 Å². The van der Waals surface area contributed by atoms with Crippen LogP contribution in [0.1, 0.15) is 31.8 Å². The van der Waals surface area contributed by atoms with Gasteiger partial charge >= 0.3 is 0 Å². The highest BCUT2D eigenvalue weighted by atomic mass is 35.5. The number of carbonyl (C=O) groups excluding carboxylic acids is 2. The maximum absolute atomic E-state index is 14.5. The van der Waals surface area contributed by atoms with Crippen molar-refractivity contribution in [3.8, 4) is 0 Å². The molecule has 2 N–H and O–H groups in total. The smallest absolute Gasteiger partial charge is 0.266 e. The van der Waals surface area contributed by atoms with Crippen LogP contribution < -0.4 is 10.2 Å². The van der Waals surface area contributed by atoms with Gasteiger partial charge in [0.05, 0.1) is 32.4 Å². The van der Waals surface area contributed by atoms with Crippen molar-refractivity contribution in [2.75, 3.05) is 17.2 Å². The summed E-state index contributed by atoms with van der Waals surface area (Å²) >= 11 is 18.4. The summed E-state index contributed by atoms with van der Waals surface area (Å²) in [6.07, 6.45) is 2.33. The van der Waals surface area contributed by atoms with Crippen LogP contribution in [0.3, 0.4) is 0 Å². The van der Waals surface area contributed by atoms with Crippen molar-refractivity contribution < 1.29 is 18.4 Å². The Balaban J connectivity index is 2.28. The number of hydrogen-bond acceptors (Lipinski definition) is 4. The molecule has 3 rings (SSSR count). The van der Waals surface area contributed by atoms with Crippen molar-refractivity contribution in [3.63, 3.8) is 0 Å². The molecule has 31 heavy (non-hydrogen) atoms. The summed E-state index contributed by atoms with van der Waals surface area (Å²) in [5.74, 6) is -4.07. The minimum atomic E-state index is -1.21. The van der Waals surface area contributed by atoms with Gasteiger partial charge in [-0.15, -0.1) is 0 Å².